The van der Waals surface area contributed by atoms with Crippen molar-refractivity contribution < 1.29 is 9.90 Å². The predicted molar refractivity (Wildman–Crippen MR) is 78.6 cm³/mol. The zero-order chi connectivity index (χ0) is 14.4. The fraction of sp³-hybridized carbons (Fsp3) is 0.533. The monoisotopic (exact) mass is 264 g/mol. The number of anilines is 1. The summed E-state index contributed by atoms with van der Waals surface area (Å²) < 4.78 is 0. The topological polar surface area (TPSA) is 52.6 Å². The maximum absolute atomic E-state index is 11.9. The summed E-state index contributed by atoms with van der Waals surface area (Å²) in [4.78, 5) is 13.9. The van der Waals surface area contributed by atoms with Crippen molar-refractivity contribution in [3.63, 3.8) is 0 Å². The largest absolute Gasteiger partial charge is 0.393 e. The second kappa shape index (κ2) is 7.14. The molecule has 0 saturated heterocycles. The molecule has 106 valence electrons. The maximum Gasteiger partial charge on any atom is 0.251 e. The van der Waals surface area contributed by atoms with E-state index in [1.807, 2.05) is 57.1 Å². The lowest BCUT2D eigenvalue weighted by molar-refractivity contribution is 0.0920. The molecule has 0 saturated carbocycles. The van der Waals surface area contributed by atoms with Crippen LogP contribution in [0.1, 0.15) is 30.6 Å². The van der Waals surface area contributed by atoms with Crippen LogP contribution in [0, 0.1) is 5.92 Å². The van der Waals surface area contributed by atoms with Gasteiger partial charge in [-0.15, -0.1) is 0 Å². The summed E-state index contributed by atoms with van der Waals surface area (Å²) in [6.07, 6.45) is 0.218. The van der Waals surface area contributed by atoms with Gasteiger partial charge in [-0.1, -0.05) is 13.8 Å². The van der Waals surface area contributed by atoms with Crippen molar-refractivity contribution in [2.24, 2.45) is 5.92 Å². The first-order valence-corrected chi connectivity index (χ1v) is 6.65. The standard InChI is InChI=1S/C15H24N2O2/c1-11(2)14(18)9-10-16-15(19)12-5-7-13(8-6-12)17(3)4/h5-8,11,14,18H,9-10H2,1-4H3,(H,16,19). The first kappa shape index (κ1) is 15.5. The Bertz CT molecular complexity index is 399. The minimum Gasteiger partial charge on any atom is -0.393 e. The maximum atomic E-state index is 11.9. The van der Waals surface area contributed by atoms with E-state index < -0.39 is 0 Å². The van der Waals surface area contributed by atoms with E-state index in [1.54, 1.807) is 0 Å². The van der Waals surface area contributed by atoms with Gasteiger partial charge in [0, 0.05) is 31.9 Å². The predicted octanol–water partition coefficient (Wildman–Crippen LogP) is 1.89. The van der Waals surface area contributed by atoms with Crippen molar-refractivity contribution in [1.29, 1.82) is 0 Å². The molecule has 0 spiro atoms. The number of rotatable bonds is 6. The van der Waals surface area contributed by atoms with E-state index in [0.717, 1.165) is 5.69 Å². The Balaban J connectivity index is 2.45. The molecule has 2 N–H and O–H groups in total. The highest BCUT2D eigenvalue weighted by Gasteiger charge is 2.10. The van der Waals surface area contributed by atoms with Gasteiger partial charge in [-0.05, 0) is 36.6 Å². The van der Waals surface area contributed by atoms with Gasteiger partial charge < -0.3 is 15.3 Å². The SMILES string of the molecule is CC(C)C(O)CCNC(=O)c1ccc(N(C)C)cc1. The van der Waals surface area contributed by atoms with Crippen LogP contribution in [0.25, 0.3) is 0 Å². The Labute approximate surface area is 115 Å². The third kappa shape index (κ3) is 4.91. The van der Waals surface area contributed by atoms with Crippen LogP contribution in [0.15, 0.2) is 24.3 Å². The molecule has 0 bridgehead atoms. The molecule has 1 amide bonds. The molecule has 0 aliphatic rings. The number of hydrogen-bond donors (Lipinski definition) is 2. The quantitative estimate of drug-likeness (QED) is 0.825. The molecular weight excluding hydrogens is 240 g/mol. The summed E-state index contributed by atoms with van der Waals surface area (Å²) in [5.74, 6) is 0.123. The summed E-state index contributed by atoms with van der Waals surface area (Å²) in [5.41, 5.74) is 1.71. The van der Waals surface area contributed by atoms with Crippen molar-refractivity contribution in [2.45, 2.75) is 26.4 Å². The fourth-order valence-electron chi connectivity index (χ4n) is 1.68. The molecule has 4 nitrogen and oxygen atoms in total. The third-order valence-electron chi connectivity index (χ3n) is 3.14. The first-order chi connectivity index (χ1) is 8.91. The van der Waals surface area contributed by atoms with Crippen molar-refractivity contribution >= 4 is 11.6 Å². The van der Waals surface area contributed by atoms with Gasteiger partial charge in [0.25, 0.3) is 5.91 Å². The Hall–Kier alpha value is -1.55. The molecule has 0 aromatic heterocycles. The molecule has 1 atom stereocenters. The molecular formula is C15H24N2O2. The van der Waals surface area contributed by atoms with Crippen molar-refractivity contribution in [2.75, 3.05) is 25.5 Å². The van der Waals surface area contributed by atoms with E-state index in [0.29, 0.717) is 18.5 Å². The van der Waals surface area contributed by atoms with Crippen LogP contribution in [0.5, 0.6) is 0 Å². The van der Waals surface area contributed by atoms with Crippen LogP contribution in [0.2, 0.25) is 0 Å². The number of amides is 1. The molecule has 0 fully saturated rings. The summed E-state index contributed by atoms with van der Waals surface area (Å²) >= 11 is 0. The van der Waals surface area contributed by atoms with Gasteiger partial charge >= 0.3 is 0 Å². The summed E-state index contributed by atoms with van der Waals surface area (Å²) in [6.45, 7) is 4.42. The van der Waals surface area contributed by atoms with E-state index in [1.165, 1.54) is 0 Å². The first-order valence-electron chi connectivity index (χ1n) is 6.65. The van der Waals surface area contributed by atoms with Gasteiger partial charge in [-0.25, -0.2) is 0 Å². The third-order valence-corrected chi connectivity index (χ3v) is 3.14. The molecule has 1 aromatic carbocycles. The second-order valence-electron chi connectivity index (χ2n) is 5.30. The van der Waals surface area contributed by atoms with Crippen molar-refractivity contribution in [1.82, 2.24) is 5.32 Å². The Morgan fingerprint density at radius 3 is 2.32 bits per heavy atom. The average molecular weight is 264 g/mol. The van der Waals surface area contributed by atoms with Gasteiger partial charge in [0.15, 0.2) is 0 Å². The smallest absolute Gasteiger partial charge is 0.251 e. The van der Waals surface area contributed by atoms with Crippen LogP contribution in [-0.4, -0.2) is 37.8 Å². The fourth-order valence-corrected chi connectivity index (χ4v) is 1.68. The van der Waals surface area contributed by atoms with Gasteiger partial charge in [0.05, 0.1) is 6.10 Å². The molecule has 1 unspecified atom stereocenters. The highest BCUT2D eigenvalue weighted by Crippen LogP contribution is 2.12. The van der Waals surface area contributed by atoms with Crippen LogP contribution < -0.4 is 10.2 Å². The minimum atomic E-state index is -0.364. The molecule has 0 aliphatic carbocycles. The average Bonchev–Trinajstić information content (AvgIpc) is 2.38. The number of hydrogen-bond acceptors (Lipinski definition) is 3. The Kier molecular flexibility index (Phi) is 5.83. The minimum absolute atomic E-state index is 0.0961. The number of nitrogens with one attached hydrogen (secondary N) is 1. The van der Waals surface area contributed by atoms with Crippen molar-refractivity contribution in [3.05, 3.63) is 29.8 Å². The zero-order valence-electron chi connectivity index (χ0n) is 12.2. The van der Waals surface area contributed by atoms with E-state index in [2.05, 4.69) is 5.32 Å². The van der Waals surface area contributed by atoms with E-state index in [9.17, 15) is 9.90 Å². The van der Waals surface area contributed by atoms with Crippen LogP contribution in [-0.2, 0) is 0 Å². The lowest BCUT2D eigenvalue weighted by atomic mass is 10.0. The highest BCUT2D eigenvalue weighted by molar-refractivity contribution is 5.94. The lowest BCUT2D eigenvalue weighted by Crippen LogP contribution is -2.28. The van der Waals surface area contributed by atoms with Gasteiger partial charge in [0.1, 0.15) is 0 Å². The molecule has 4 heteroatoms. The Morgan fingerprint density at radius 1 is 1.26 bits per heavy atom. The van der Waals surface area contributed by atoms with Gasteiger partial charge in [-0.2, -0.15) is 0 Å². The summed E-state index contributed by atoms with van der Waals surface area (Å²) in [5, 5.41) is 12.5. The number of benzene rings is 1. The van der Waals surface area contributed by atoms with E-state index in [4.69, 9.17) is 0 Å². The van der Waals surface area contributed by atoms with Crippen LogP contribution >= 0.6 is 0 Å². The second-order valence-corrected chi connectivity index (χ2v) is 5.30. The molecule has 19 heavy (non-hydrogen) atoms. The Morgan fingerprint density at radius 2 is 1.84 bits per heavy atom. The number of aliphatic hydroxyl groups excluding tert-OH is 1. The summed E-state index contributed by atoms with van der Waals surface area (Å²) in [6, 6.07) is 7.45. The number of carbonyl (C=O) groups excluding carboxylic acids is 1. The number of carbonyl (C=O) groups is 1. The lowest BCUT2D eigenvalue weighted by Gasteiger charge is -2.15. The van der Waals surface area contributed by atoms with Gasteiger partial charge in [-0.3, -0.25) is 4.79 Å². The molecule has 1 rings (SSSR count). The normalized spacial score (nSPS) is 12.3. The van der Waals surface area contributed by atoms with Gasteiger partial charge in [0.2, 0.25) is 0 Å². The molecule has 0 heterocycles. The van der Waals surface area contributed by atoms with E-state index >= 15 is 0 Å². The van der Waals surface area contributed by atoms with Crippen LogP contribution in [0.3, 0.4) is 0 Å². The van der Waals surface area contributed by atoms with Crippen LogP contribution in [0.4, 0.5) is 5.69 Å². The molecule has 1 aromatic rings. The molecule has 0 aliphatic heterocycles. The zero-order valence-corrected chi connectivity index (χ0v) is 12.2. The number of nitrogens with zero attached hydrogens (tertiary/aromatic N) is 1. The number of aliphatic hydroxyl groups is 1. The highest BCUT2D eigenvalue weighted by atomic mass is 16.3. The molecule has 0 radical (unpaired) electrons. The van der Waals surface area contributed by atoms with Crippen molar-refractivity contribution in [3.8, 4) is 0 Å². The summed E-state index contributed by atoms with van der Waals surface area (Å²) in [7, 11) is 3.92. The van der Waals surface area contributed by atoms with E-state index in [-0.39, 0.29) is 17.9 Å².